The molecular formula is C10H11BrOS. The number of rotatable bonds is 3. The lowest BCUT2D eigenvalue weighted by atomic mass is 10.2. The predicted molar refractivity (Wildman–Crippen MR) is 61.1 cm³/mol. The van der Waals surface area contributed by atoms with Crippen molar-refractivity contribution in [3.05, 3.63) is 25.9 Å². The zero-order valence-corrected chi connectivity index (χ0v) is 10.0. The Morgan fingerprint density at radius 3 is 2.77 bits per heavy atom. The van der Waals surface area contributed by atoms with Crippen molar-refractivity contribution in [2.24, 2.45) is 0 Å². The van der Waals surface area contributed by atoms with E-state index in [1.807, 2.05) is 19.1 Å². The molecule has 0 saturated carbocycles. The Hall–Kier alpha value is -0.410. The van der Waals surface area contributed by atoms with Crippen LogP contribution in [0.25, 0.3) is 6.08 Å². The van der Waals surface area contributed by atoms with Crippen LogP contribution in [0.1, 0.15) is 23.1 Å². The van der Waals surface area contributed by atoms with Gasteiger partial charge in [-0.2, -0.15) is 0 Å². The summed E-state index contributed by atoms with van der Waals surface area (Å²) in [5, 5.41) is 0. The van der Waals surface area contributed by atoms with E-state index in [1.54, 1.807) is 11.3 Å². The molecule has 0 spiro atoms. The summed E-state index contributed by atoms with van der Waals surface area (Å²) in [6.45, 7) is 4.04. The van der Waals surface area contributed by atoms with Crippen LogP contribution in [0.5, 0.6) is 0 Å². The minimum absolute atomic E-state index is 0.790. The number of hydrogen-bond acceptors (Lipinski definition) is 2. The third-order valence-electron chi connectivity index (χ3n) is 1.76. The topological polar surface area (TPSA) is 17.1 Å². The first-order valence-corrected chi connectivity index (χ1v) is 5.70. The molecule has 0 amide bonds. The average molecular weight is 259 g/mol. The predicted octanol–water partition coefficient (Wildman–Crippen LogP) is 3.81. The number of aryl methyl sites for hydroxylation is 1. The zero-order valence-electron chi connectivity index (χ0n) is 7.63. The Bertz CT molecular complexity index is 319. The molecule has 0 radical (unpaired) electrons. The van der Waals surface area contributed by atoms with Crippen molar-refractivity contribution in [2.45, 2.75) is 20.3 Å². The first-order chi connectivity index (χ1) is 6.17. The van der Waals surface area contributed by atoms with Crippen LogP contribution in [-0.2, 0) is 4.79 Å². The fourth-order valence-corrected chi connectivity index (χ4v) is 2.49. The van der Waals surface area contributed by atoms with Crippen LogP contribution in [0.15, 0.2) is 16.1 Å². The molecule has 0 aliphatic heterocycles. The molecule has 1 aromatic heterocycles. The average Bonchev–Trinajstić information content (AvgIpc) is 2.42. The van der Waals surface area contributed by atoms with Crippen molar-refractivity contribution in [1.82, 2.24) is 0 Å². The molecule has 1 heterocycles. The highest BCUT2D eigenvalue weighted by Crippen LogP contribution is 2.27. The van der Waals surface area contributed by atoms with Gasteiger partial charge >= 0.3 is 0 Å². The Morgan fingerprint density at radius 1 is 1.69 bits per heavy atom. The fraction of sp³-hybridized carbons (Fsp3) is 0.300. The van der Waals surface area contributed by atoms with Crippen molar-refractivity contribution in [1.29, 1.82) is 0 Å². The molecular weight excluding hydrogens is 248 g/mol. The van der Waals surface area contributed by atoms with E-state index in [2.05, 4.69) is 22.9 Å². The van der Waals surface area contributed by atoms with E-state index < -0.39 is 0 Å². The maximum absolute atomic E-state index is 10.6. The number of halogens is 1. The number of carbonyl (C=O) groups excluding carboxylic acids is 1. The maximum atomic E-state index is 10.6. The lowest BCUT2D eigenvalue weighted by molar-refractivity contribution is -0.104. The van der Waals surface area contributed by atoms with Gasteiger partial charge in [-0.3, -0.25) is 4.79 Å². The van der Waals surface area contributed by atoms with E-state index in [0.29, 0.717) is 0 Å². The van der Waals surface area contributed by atoms with Gasteiger partial charge in [0.05, 0.1) is 0 Å². The van der Waals surface area contributed by atoms with Crippen LogP contribution >= 0.6 is 27.3 Å². The second kappa shape index (κ2) is 4.72. The van der Waals surface area contributed by atoms with Gasteiger partial charge < -0.3 is 0 Å². The molecule has 0 aromatic carbocycles. The summed E-state index contributed by atoms with van der Waals surface area (Å²) in [6, 6.07) is 2.04. The number of thiophene rings is 1. The zero-order chi connectivity index (χ0) is 9.84. The van der Waals surface area contributed by atoms with Gasteiger partial charge in [0.15, 0.2) is 0 Å². The van der Waals surface area contributed by atoms with Gasteiger partial charge in [-0.1, -0.05) is 6.92 Å². The molecule has 70 valence electrons. The minimum Gasteiger partial charge on any atom is -0.298 e. The molecule has 13 heavy (non-hydrogen) atoms. The highest BCUT2D eigenvalue weighted by atomic mass is 79.9. The smallest absolute Gasteiger partial charge is 0.146 e. The highest BCUT2D eigenvalue weighted by molar-refractivity contribution is 9.10. The van der Waals surface area contributed by atoms with Crippen LogP contribution < -0.4 is 0 Å². The third-order valence-corrected chi connectivity index (χ3v) is 3.85. The molecule has 3 heteroatoms. The molecule has 0 bridgehead atoms. The molecule has 0 aliphatic carbocycles. The highest BCUT2D eigenvalue weighted by Gasteiger charge is 2.01. The van der Waals surface area contributed by atoms with E-state index in [4.69, 9.17) is 0 Å². The van der Waals surface area contributed by atoms with Gasteiger partial charge in [-0.15, -0.1) is 11.3 Å². The third kappa shape index (κ3) is 2.78. The van der Waals surface area contributed by atoms with Gasteiger partial charge in [0.2, 0.25) is 0 Å². The summed E-state index contributed by atoms with van der Waals surface area (Å²) in [5.41, 5.74) is 0.841. The van der Waals surface area contributed by atoms with E-state index >= 15 is 0 Å². The number of aldehydes is 1. The van der Waals surface area contributed by atoms with Gasteiger partial charge in [-0.05, 0) is 47.0 Å². The molecule has 0 N–H and O–H groups in total. The van der Waals surface area contributed by atoms with Crippen molar-refractivity contribution in [2.75, 3.05) is 0 Å². The Balaban J connectivity index is 2.96. The Morgan fingerprint density at radius 2 is 2.38 bits per heavy atom. The maximum Gasteiger partial charge on any atom is 0.146 e. The van der Waals surface area contributed by atoms with Gasteiger partial charge in [0.25, 0.3) is 0 Å². The number of carbonyl (C=O) groups is 1. The summed E-state index contributed by atoms with van der Waals surface area (Å²) < 4.78 is 1.12. The summed E-state index contributed by atoms with van der Waals surface area (Å²) in [5.74, 6) is 0. The summed E-state index contributed by atoms with van der Waals surface area (Å²) >= 11 is 5.13. The molecule has 1 aromatic rings. The van der Waals surface area contributed by atoms with Gasteiger partial charge in [0.1, 0.15) is 6.29 Å². The second-order valence-electron chi connectivity index (χ2n) is 2.74. The summed E-state index contributed by atoms with van der Waals surface area (Å²) in [6.07, 6.45) is 3.65. The molecule has 0 unspecified atom stereocenters. The molecule has 0 aliphatic rings. The SMILES string of the molecule is CC/C(C=O)=C/c1cc(Br)c(C)s1. The van der Waals surface area contributed by atoms with E-state index in [1.165, 1.54) is 4.88 Å². The van der Waals surface area contributed by atoms with Crippen molar-refractivity contribution in [3.8, 4) is 0 Å². The number of hydrogen-bond donors (Lipinski definition) is 0. The van der Waals surface area contributed by atoms with Crippen molar-refractivity contribution >= 4 is 39.6 Å². The van der Waals surface area contributed by atoms with Crippen LogP contribution in [-0.4, -0.2) is 6.29 Å². The Kier molecular flexibility index (Phi) is 3.88. The number of allylic oxidation sites excluding steroid dienone is 1. The van der Waals surface area contributed by atoms with Gasteiger partial charge in [0, 0.05) is 14.2 Å². The normalized spacial score (nSPS) is 11.8. The largest absolute Gasteiger partial charge is 0.298 e. The lowest BCUT2D eigenvalue weighted by Gasteiger charge is -1.90. The van der Waals surface area contributed by atoms with E-state index in [0.717, 1.165) is 27.6 Å². The lowest BCUT2D eigenvalue weighted by Crippen LogP contribution is -1.79. The molecule has 1 rings (SSSR count). The molecule has 1 nitrogen and oxygen atoms in total. The second-order valence-corrected chi connectivity index (χ2v) is 4.89. The van der Waals surface area contributed by atoms with Crippen LogP contribution in [0.2, 0.25) is 0 Å². The molecule has 0 atom stereocenters. The quantitative estimate of drug-likeness (QED) is 0.596. The van der Waals surface area contributed by atoms with E-state index in [-0.39, 0.29) is 0 Å². The summed E-state index contributed by atoms with van der Waals surface area (Å²) in [4.78, 5) is 12.9. The Labute approximate surface area is 90.6 Å². The summed E-state index contributed by atoms with van der Waals surface area (Å²) in [7, 11) is 0. The van der Waals surface area contributed by atoms with Crippen LogP contribution in [0.4, 0.5) is 0 Å². The van der Waals surface area contributed by atoms with Gasteiger partial charge in [-0.25, -0.2) is 0 Å². The standard InChI is InChI=1S/C10H11BrOS/c1-3-8(6-12)4-9-5-10(11)7(2)13-9/h4-6H,3H2,1-2H3/b8-4-. The van der Waals surface area contributed by atoms with Crippen molar-refractivity contribution < 1.29 is 4.79 Å². The van der Waals surface area contributed by atoms with Crippen LogP contribution in [0, 0.1) is 6.92 Å². The van der Waals surface area contributed by atoms with Crippen molar-refractivity contribution in [3.63, 3.8) is 0 Å². The molecule has 0 fully saturated rings. The first kappa shape index (κ1) is 10.7. The van der Waals surface area contributed by atoms with E-state index in [9.17, 15) is 4.79 Å². The minimum atomic E-state index is 0.790. The van der Waals surface area contributed by atoms with Crippen LogP contribution in [0.3, 0.4) is 0 Å². The first-order valence-electron chi connectivity index (χ1n) is 4.09. The molecule has 0 saturated heterocycles. The fourth-order valence-electron chi connectivity index (χ4n) is 0.955. The monoisotopic (exact) mass is 258 g/mol.